The van der Waals surface area contributed by atoms with Crippen LogP contribution in [0.15, 0.2) is 18.2 Å². The van der Waals surface area contributed by atoms with Crippen molar-refractivity contribution < 1.29 is 19.2 Å². The quantitative estimate of drug-likeness (QED) is 0.505. The summed E-state index contributed by atoms with van der Waals surface area (Å²) >= 11 is 0. The minimum absolute atomic E-state index is 0.110. The maximum absolute atomic E-state index is 13.9. The van der Waals surface area contributed by atoms with Gasteiger partial charge in [-0.2, -0.15) is 0 Å². The van der Waals surface area contributed by atoms with Gasteiger partial charge in [0.15, 0.2) is 5.82 Å². The van der Waals surface area contributed by atoms with Crippen molar-refractivity contribution in [2.75, 3.05) is 5.32 Å². The Balaban J connectivity index is 2.18. The van der Waals surface area contributed by atoms with E-state index >= 15 is 0 Å². The molecule has 1 fully saturated rings. The highest BCUT2D eigenvalue weighted by molar-refractivity contribution is 5.71. The Morgan fingerprint density at radius 1 is 1.33 bits per heavy atom. The van der Waals surface area contributed by atoms with E-state index < -0.39 is 22.6 Å². The van der Waals surface area contributed by atoms with Gasteiger partial charge in [0.1, 0.15) is 0 Å². The molecule has 7 heteroatoms. The molecule has 0 amide bonds. The lowest BCUT2D eigenvalue weighted by Crippen LogP contribution is -2.34. The Labute approximate surface area is 121 Å². The average Bonchev–Trinajstić information content (AvgIpc) is 2.66. The molecule has 1 aliphatic rings. The van der Waals surface area contributed by atoms with Gasteiger partial charge in [-0.05, 0) is 18.9 Å². The zero-order valence-electron chi connectivity index (χ0n) is 11.4. The van der Waals surface area contributed by atoms with Crippen molar-refractivity contribution in [3.8, 4) is 0 Å². The topological polar surface area (TPSA) is 92.5 Å². The standard InChI is InChI=1S/C14H17FN2O4/c15-11-8-9(17(20)21)6-7-13(11)16-12-5-3-1-2-4-10(12)14(18)19/h6-8,10,12,16H,1-5H2,(H,18,19). The number of nitro benzene ring substituents is 1. The van der Waals surface area contributed by atoms with Crippen molar-refractivity contribution in [2.45, 2.75) is 38.1 Å². The minimum atomic E-state index is -0.892. The summed E-state index contributed by atoms with van der Waals surface area (Å²) in [6.07, 6.45) is 3.90. The van der Waals surface area contributed by atoms with Crippen LogP contribution in [-0.2, 0) is 4.79 Å². The van der Waals surface area contributed by atoms with Crippen LogP contribution >= 0.6 is 0 Å². The van der Waals surface area contributed by atoms with Crippen molar-refractivity contribution >= 4 is 17.3 Å². The summed E-state index contributed by atoms with van der Waals surface area (Å²) in [4.78, 5) is 21.2. The van der Waals surface area contributed by atoms with E-state index in [2.05, 4.69) is 5.32 Å². The molecule has 1 aromatic carbocycles. The summed E-state index contributed by atoms with van der Waals surface area (Å²) in [5.74, 6) is -2.20. The molecule has 2 rings (SSSR count). The SMILES string of the molecule is O=C(O)C1CCCCCC1Nc1ccc([N+](=O)[O-])cc1F. The zero-order chi connectivity index (χ0) is 15.4. The Morgan fingerprint density at radius 2 is 2.05 bits per heavy atom. The lowest BCUT2D eigenvalue weighted by atomic mass is 9.94. The van der Waals surface area contributed by atoms with Crippen molar-refractivity contribution in [1.29, 1.82) is 0 Å². The van der Waals surface area contributed by atoms with Crippen molar-refractivity contribution in [2.24, 2.45) is 5.92 Å². The van der Waals surface area contributed by atoms with Crippen molar-refractivity contribution in [3.63, 3.8) is 0 Å². The predicted molar refractivity (Wildman–Crippen MR) is 74.7 cm³/mol. The first kappa shape index (κ1) is 15.2. The molecule has 0 heterocycles. The monoisotopic (exact) mass is 296 g/mol. The van der Waals surface area contributed by atoms with Gasteiger partial charge in [-0.3, -0.25) is 14.9 Å². The smallest absolute Gasteiger partial charge is 0.308 e. The fraction of sp³-hybridized carbons (Fsp3) is 0.500. The summed E-state index contributed by atoms with van der Waals surface area (Å²) in [5, 5.41) is 22.8. The van der Waals surface area contributed by atoms with E-state index in [1.54, 1.807) is 0 Å². The number of nitrogens with one attached hydrogen (secondary N) is 1. The number of hydrogen-bond donors (Lipinski definition) is 2. The summed E-state index contributed by atoms with van der Waals surface area (Å²) in [7, 11) is 0. The van der Waals surface area contributed by atoms with Crippen LogP contribution < -0.4 is 5.32 Å². The van der Waals surface area contributed by atoms with Crippen molar-refractivity contribution in [3.05, 3.63) is 34.1 Å². The van der Waals surface area contributed by atoms with Crippen LogP contribution in [0, 0.1) is 21.8 Å². The zero-order valence-corrected chi connectivity index (χ0v) is 11.4. The first-order valence-electron chi connectivity index (χ1n) is 6.92. The van der Waals surface area contributed by atoms with Gasteiger partial charge in [-0.25, -0.2) is 4.39 Å². The van der Waals surface area contributed by atoms with Crippen LogP contribution in [0.2, 0.25) is 0 Å². The van der Waals surface area contributed by atoms with E-state index in [1.165, 1.54) is 12.1 Å². The molecule has 0 bridgehead atoms. The lowest BCUT2D eigenvalue weighted by Gasteiger charge is -2.24. The number of hydrogen-bond acceptors (Lipinski definition) is 4. The molecule has 0 radical (unpaired) electrons. The highest BCUT2D eigenvalue weighted by Gasteiger charge is 2.30. The largest absolute Gasteiger partial charge is 0.481 e. The molecule has 114 valence electrons. The maximum Gasteiger partial charge on any atom is 0.308 e. The molecule has 1 saturated carbocycles. The number of rotatable bonds is 4. The van der Waals surface area contributed by atoms with Crippen LogP contribution in [0.4, 0.5) is 15.8 Å². The predicted octanol–water partition coefficient (Wildman–Crippen LogP) is 3.18. The Hall–Kier alpha value is -2.18. The van der Waals surface area contributed by atoms with Gasteiger partial charge in [-0.1, -0.05) is 19.3 Å². The summed E-state index contributed by atoms with van der Waals surface area (Å²) in [5.41, 5.74) is -0.215. The Morgan fingerprint density at radius 3 is 2.67 bits per heavy atom. The number of carboxylic acids is 1. The molecule has 1 aliphatic carbocycles. The number of non-ortho nitro benzene ring substituents is 1. The van der Waals surface area contributed by atoms with Gasteiger partial charge in [0.05, 0.1) is 22.6 Å². The number of carbonyl (C=O) groups is 1. The molecule has 2 N–H and O–H groups in total. The Kier molecular flexibility index (Phi) is 4.72. The molecule has 2 unspecified atom stereocenters. The maximum atomic E-state index is 13.9. The second-order valence-electron chi connectivity index (χ2n) is 5.25. The average molecular weight is 296 g/mol. The van der Waals surface area contributed by atoms with Crippen LogP contribution in [0.1, 0.15) is 32.1 Å². The molecule has 0 aromatic heterocycles. The normalized spacial score (nSPS) is 22.3. The van der Waals surface area contributed by atoms with Gasteiger partial charge in [0.25, 0.3) is 5.69 Å². The number of nitrogens with zero attached hydrogens (tertiary/aromatic N) is 1. The first-order valence-corrected chi connectivity index (χ1v) is 6.92. The third-order valence-electron chi connectivity index (χ3n) is 3.84. The minimum Gasteiger partial charge on any atom is -0.481 e. The number of anilines is 1. The van der Waals surface area contributed by atoms with Crippen LogP contribution in [-0.4, -0.2) is 22.0 Å². The molecular formula is C14H17FN2O4. The molecule has 0 saturated heterocycles. The second-order valence-corrected chi connectivity index (χ2v) is 5.25. The lowest BCUT2D eigenvalue weighted by molar-refractivity contribution is -0.385. The molecule has 0 aliphatic heterocycles. The number of benzene rings is 1. The van der Waals surface area contributed by atoms with Gasteiger partial charge in [0.2, 0.25) is 0 Å². The summed E-state index contributed by atoms with van der Waals surface area (Å²) < 4.78 is 13.9. The van der Waals surface area contributed by atoms with E-state index in [0.717, 1.165) is 25.3 Å². The molecule has 21 heavy (non-hydrogen) atoms. The van der Waals surface area contributed by atoms with E-state index in [9.17, 15) is 24.4 Å². The first-order chi connectivity index (χ1) is 9.99. The third kappa shape index (κ3) is 3.68. The van der Waals surface area contributed by atoms with Crippen LogP contribution in [0.3, 0.4) is 0 Å². The van der Waals surface area contributed by atoms with E-state index in [-0.39, 0.29) is 17.4 Å². The van der Waals surface area contributed by atoms with Gasteiger partial charge < -0.3 is 10.4 Å². The van der Waals surface area contributed by atoms with Crippen LogP contribution in [0.25, 0.3) is 0 Å². The highest BCUT2D eigenvalue weighted by atomic mass is 19.1. The molecule has 2 atom stereocenters. The van der Waals surface area contributed by atoms with Gasteiger partial charge >= 0.3 is 5.97 Å². The second kappa shape index (κ2) is 6.51. The Bertz CT molecular complexity index is 550. The van der Waals surface area contributed by atoms with Gasteiger partial charge in [0, 0.05) is 12.1 Å². The van der Waals surface area contributed by atoms with E-state index in [4.69, 9.17) is 0 Å². The van der Waals surface area contributed by atoms with E-state index in [1.807, 2.05) is 0 Å². The highest BCUT2D eigenvalue weighted by Crippen LogP contribution is 2.28. The third-order valence-corrected chi connectivity index (χ3v) is 3.84. The van der Waals surface area contributed by atoms with Crippen molar-refractivity contribution in [1.82, 2.24) is 0 Å². The fourth-order valence-electron chi connectivity index (χ4n) is 2.71. The summed E-state index contributed by atoms with van der Waals surface area (Å²) in [6, 6.07) is 2.98. The summed E-state index contributed by atoms with van der Waals surface area (Å²) in [6.45, 7) is 0. The number of carboxylic acid groups (broad SMARTS) is 1. The molecule has 0 spiro atoms. The van der Waals surface area contributed by atoms with Crippen LogP contribution in [0.5, 0.6) is 0 Å². The molecule has 1 aromatic rings. The molecular weight excluding hydrogens is 279 g/mol. The number of nitro groups is 1. The van der Waals surface area contributed by atoms with E-state index in [0.29, 0.717) is 12.8 Å². The van der Waals surface area contributed by atoms with Gasteiger partial charge in [-0.15, -0.1) is 0 Å². The molecule has 6 nitrogen and oxygen atoms in total. The fourth-order valence-corrected chi connectivity index (χ4v) is 2.71. The number of aliphatic carboxylic acids is 1. The number of halogens is 1.